The molecule has 0 aromatic heterocycles. The number of hydrogen-bond donors (Lipinski definition) is 2. The van der Waals surface area contributed by atoms with Crippen LogP contribution in [0.2, 0.25) is 0 Å². The van der Waals surface area contributed by atoms with E-state index in [-0.39, 0.29) is 24.1 Å². The van der Waals surface area contributed by atoms with Crippen molar-refractivity contribution in [1.82, 2.24) is 5.32 Å². The van der Waals surface area contributed by atoms with Crippen molar-refractivity contribution in [2.75, 3.05) is 13.2 Å². The SMILES string of the molecule is CCNC(=O)c1ccc(Oc2ccc(F)c3c2CC[C@H]3Oc2ccc3c(c2)OC[C@H]3CC(=O)O)cc1. The summed E-state index contributed by atoms with van der Waals surface area (Å²) in [4.78, 5) is 23.1. The molecule has 1 heterocycles. The van der Waals surface area contributed by atoms with Crippen molar-refractivity contribution in [1.29, 1.82) is 0 Å². The van der Waals surface area contributed by atoms with Crippen LogP contribution in [0.3, 0.4) is 0 Å². The van der Waals surface area contributed by atoms with E-state index in [9.17, 15) is 14.0 Å². The lowest BCUT2D eigenvalue weighted by Crippen LogP contribution is -2.22. The van der Waals surface area contributed by atoms with Crippen molar-refractivity contribution in [3.63, 3.8) is 0 Å². The van der Waals surface area contributed by atoms with Gasteiger partial charge in [-0.15, -0.1) is 0 Å². The lowest BCUT2D eigenvalue weighted by Gasteiger charge is -2.17. The van der Waals surface area contributed by atoms with E-state index in [0.717, 1.165) is 11.1 Å². The van der Waals surface area contributed by atoms with Gasteiger partial charge in [0.2, 0.25) is 0 Å². The average Bonchev–Trinajstić information content (AvgIpc) is 3.46. The van der Waals surface area contributed by atoms with Crippen LogP contribution in [0.4, 0.5) is 4.39 Å². The van der Waals surface area contributed by atoms with Gasteiger partial charge >= 0.3 is 5.97 Å². The maximum Gasteiger partial charge on any atom is 0.304 e. The van der Waals surface area contributed by atoms with E-state index in [0.29, 0.717) is 60.1 Å². The van der Waals surface area contributed by atoms with E-state index in [1.807, 2.05) is 13.0 Å². The van der Waals surface area contributed by atoms with Gasteiger partial charge in [-0.25, -0.2) is 4.39 Å². The first-order valence-corrected chi connectivity index (χ1v) is 12.0. The van der Waals surface area contributed by atoms with Crippen molar-refractivity contribution < 1.29 is 33.3 Å². The van der Waals surface area contributed by atoms with Crippen molar-refractivity contribution >= 4 is 11.9 Å². The molecular weight excluding hydrogens is 465 g/mol. The second kappa shape index (κ2) is 9.89. The van der Waals surface area contributed by atoms with Gasteiger partial charge in [-0.05, 0) is 62.2 Å². The predicted octanol–water partition coefficient (Wildman–Crippen LogP) is 5.38. The maximum absolute atomic E-state index is 14.9. The molecule has 3 aromatic rings. The van der Waals surface area contributed by atoms with Crippen LogP contribution in [-0.2, 0) is 11.2 Å². The second-order valence-electron chi connectivity index (χ2n) is 8.87. The van der Waals surface area contributed by atoms with Gasteiger partial charge in [-0.3, -0.25) is 9.59 Å². The molecule has 0 radical (unpaired) electrons. The number of carboxylic acid groups (broad SMARTS) is 1. The molecule has 7 nitrogen and oxygen atoms in total. The first-order chi connectivity index (χ1) is 17.4. The number of rotatable bonds is 8. The molecule has 186 valence electrons. The van der Waals surface area contributed by atoms with Crippen LogP contribution in [0.1, 0.15) is 58.8 Å². The van der Waals surface area contributed by atoms with Crippen molar-refractivity contribution in [2.24, 2.45) is 0 Å². The highest BCUT2D eigenvalue weighted by atomic mass is 19.1. The normalized spacial score (nSPS) is 17.6. The minimum atomic E-state index is -0.870. The molecule has 0 fully saturated rings. The number of fused-ring (bicyclic) bond motifs is 2. The molecule has 5 rings (SSSR count). The van der Waals surface area contributed by atoms with Gasteiger partial charge in [0, 0.05) is 40.8 Å². The highest BCUT2D eigenvalue weighted by Gasteiger charge is 2.32. The summed E-state index contributed by atoms with van der Waals surface area (Å²) in [5.74, 6) is 0.674. The molecule has 2 aliphatic rings. The molecule has 0 bridgehead atoms. The summed E-state index contributed by atoms with van der Waals surface area (Å²) in [5, 5.41) is 11.8. The van der Waals surface area contributed by atoms with E-state index in [1.165, 1.54) is 6.07 Å². The number of carboxylic acids is 1. The third kappa shape index (κ3) is 4.71. The van der Waals surface area contributed by atoms with E-state index in [4.69, 9.17) is 19.3 Å². The number of ether oxygens (including phenoxy) is 3. The van der Waals surface area contributed by atoms with Crippen molar-refractivity contribution in [3.8, 4) is 23.0 Å². The zero-order valence-corrected chi connectivity index (χ0v) is 19.8. The van der Waals surface area contributed by atoms with Crippen molar-refractivity contribution in [3.05, 3.63) is 82.7 Å². The Morgan fingerprint density at radius 2 is 1.89 bits per heavy atom. The smallest absolute Gasteiger partial charge is 0.304 e. The molecule has 1 amide bonds. The monoisotopic (exact) mass is 491 g/mol. The summed E-state index contributed by atoms with van der Waals surface area (Å²) in [5.41, 5.74) is 2.61. The Morgan fingerprint density at radius 1 is 1.11 bits per heavy atom. The minimum Gasteiger partial charge on any atom is -0.492 e. The van der Waals surface area contributed by atoms with Gasteiger partial charge in [-0.1, -0.05) is 6.07 Å². The largest absolute Gasteiger partial charge is 0.492 e. The van der Waals surface area contributed by atoms with Crippen LogP contribution >= 0.6 is 0 Å². The third-order valence-electron chi connectivity index (χ3n) is 6.49. The summed E-state index contributed by atoms with van der Waals surface area (Å²) >= 11 is 0. The standard InChI is InChI=1S/C28H26FNO6/c1-2-30-28(33)16-3-5-18(6-4-16)35-23-12-10-22(29)27-21(23)9-11-24(27)36-19-7-8-20-17(13-26(31)32)15-34-25(20)14-19/h3-8,10,12,14,17,24H,2,9,11,13,15H2,1H3,(H,30,33)(H,31,32)/t17-,24-/m1/s1. The van der Waals surface area contributed by atoms with E-state index in [1.54, 1.807) is 42.5 Å². The Labute approximate surface area is 207 Å². The Morgan fingerprint density at radius 3 is 2.64 bits per heavy atom. The van der Waals surface area contributed by atoms with Gasteiger partial charge in [0.25, 0.3) is 5.91 Å². The van der Waals surface area contributed by atoms with Crippen LogP contribution in [-0.4, -0.2) is 30.1 Å². The summed E-state index contributed by atoms with van der Waals surface area (Å²) in [6, 6.07) is 15.1. The van der Waals surface area contributed by atoms with Crippen LogP contribution in [0, 0.1) is 5.82 Å². The number of benzene rings is 3. The summed E-state index contributed by atoms with van der Waals surface area (Å²) < 4.78 is 32.8. The summed E-state index contributed by atoms with van der Waals surface area (Å²) in [6.07, 6.45) is 0.693. The molecule has 3 aromatic carbocycles. The van der Waals surface area contributed by atoms with Crippen LogP contribution in [0.25, 0.3) is 0 Å². The summed E-state index contributed by atoms with van der Waals surface area (Å²) in [6.45, 7) is 2.72. The fourth-order valence-corrected chi connectivity index (χ4v) is 4.79. The molecule has 2 atom stereocenters. The molecule has 0 spiro atoms. The zero-order valence-electron chi connectivity index (χ0n) is 19.8. The lowest BCUT2D eigenvalue weighted by atomic mass is 9.98. The Balaban J connectivity index is 1.33. The minimum absolute atomic E-state index is 0.00581. The topological polar surface area (TPSA) is 94.1 Å². The Bertz CT molecular complexity index is 1310. The Hall–Kier alpha value is -4.07. The number of aliphatic carboxylic acids is 1. The summed E-state index contributed by atoms with van der Waals surface area (Å²) in [7, 11) is 0. The molecule has 8 heteroatoms. The third-order valence-corrected chi connectivity index (χ3v) is 6.49. The fourth-order valence-electron chi connectivity index (χ4n) is 4.79. The lowest BCUT2D eigenvalue weighted by molar-refractivity contribution is -0.137. The molecule has 0 saturated heterocycles. The number of hydrogen-bond acceptors (Lipinski definition) is 5. The maximum atomic E-state index is 14.9. The van der Waals surface area contributed by atoms with E-state index < -0.39 is 12.1 Å². The number of carbonyl (C=O) groups excluding carboxylic acids is 1. The second-order valence-corrected chi connectivity index (χ2v) is 8.87. The van der Waals surface area contributed by atoms with E-state index in [2.05, 4.69) is 5.32 Å². The molecule has 0 unspecified atom stereocenters. The van der Waals surface area contributed by atoms with Gasteiger partial charge in [0.05, 0.1) is 13.0 Å². The fraction of sp³-hybridized carbons (Fsp3) is 0.286. The van der Waals surface area contributed by atoms with Gasteiger partial charge in [-0.2, -0.15) is 0 Å². The first kappa shape index (κ1) is 23.7. The number of carbonyl (C=O) groups is 2. The molecule has 0 saturated carbocycles. The quantitative estimate of drug-likeness (QED) is 0.439. The molecule has 36 heavy (non-hydrogen) atoms. The average molecular weight is 492 g/mol. The van der Waals surface area contributed by atoms with Crippen LogP contribution in [0.15, 0.2) is 54.6 Å². The molecule has 2 N–H and O–H groups in total. The van der Waals surface area contributed by atoms with Gasteiger partial charge in [0.1, 0.15) is 34.9 Å². The van der Waals surface area contributed by atoms with Crippen LogP contribution < -0.4 is 19.5 Å². The first-order valence-electron chi connectivity index (χ1n) is 12.0. The van der Waals surface area contributed by atoms with E-state index >= 15 is 0 Å². The van der Waals surface area contributed by atoms with Gasteiger partial charge < -0.3 is 24.6 Å². The molecular formula is C28H26FNO6. The predicted molar refractivity (Wildman–Crippen MR) is 130 cm³/mol. The van der Waals surface area contributed by atoms with Crippen molar-refractivity contribution in [2.45, 2.75) is 38.2 Å². The van der Waals surface area contributed by atoms with Gasteiger partial charge in [0.15, 0.2) is 0 Å². The number of nitrogens with one attached hydrogen (secondary N) is 1. The Kier molecular flexibility index (Phi) is 6.50. The number of halogens is 1. The highest BCUT2D eigenvalue weighted by molar-refractivity contribution is 5.94. The highest BCUT2D eigenvalue weighted by Crippen LogP contribution is 2.44. The number of amides is 1. The zero-order chi connectivity index (χ0) is 25.2. The molecule has 1 aliphatic carbocycles. The van der Waals surface area contributed by atoms with Crippen LogP contribution in [0.5, 0.6) is 23.0 Å². The molecule has 1 aliphatic heterocycles.